The van der Waals surface area contributed by atoms with E-state index in [1.54, 1.807) is 26.2 Å². The van der Waals surface area contributed by atoms with Crippen LogP contribution in [0.1, 0.15) is 18.6 Å². The molecule has 76 valence electrons. The van der Waals surface area contributed by atoms with Gasteiger partial charge >= 0.3 is 6.09 Å². The molecule has 4 nitrogen and oxygen atoms in total. The highest BCUT2D eigenvalue weighted by molar-refractivity contribution is 5.65. The summed E-state index contributed by atoms with van der Waals surface area (Å²) in [6, 6.07) is 7.26. The van der Waals surface area contributed by atoms with Crippen molar-refractivity contribution in [2.24, 2.45) is 5.73 Å². The Bertz CT molecular complexity index is 308. The second-order valence-corrected chi connectivity index (χ2v) is 2.85. The Morgan fingerprint density at radius 3 is 2.36 bits per heavy atom. The maximum Gasteiger partial charge on any atom is 0.405 e. The third-order valence-electron chi connectivity index (χ3n) is 1.88. The van der Waals surface area contributed by atoms with Crippen molar-refractivity contribution in [3.63, 3.8) is 0 Å². The van der Waals surface area contributed by atoms with Crippen LogP contribution in [-0.4, -0.2) is 13.2 Å². The number of benzene rings is 1. The summed E-state index contributed by atoms with van der Waals surface area (Å²) in [4.78, 5) is 10.5. The molecule has 4 heteroatoms. The third kappa shape index (κ3) is 2.65. The monoisotopic (exact) mass is 195 g/mol. The van der Waals surface area contributed by atoms with E-state index in [0.29, 0.717) is 0 Å². The Morgan fingerprint density at radius 2 is 1.93 bits per heavy atom. The Balaban J connectivity index is 2.71. The fourth-order valence-electron chi connectivity index (χ4n) is 1.12. The minimum absolute atomic E-state index is 0.335. The normalized spacial score (nSPS) is 11.9. The van der Waals surface area contributed by atoms with Gasteiger partial charge in [-0.1, -0.05) is 12.1 Å². The standard InChI is InChI=1S/C10H13NO3/c1-7(14-10(11)12)8-3-5-9(13-2)6-4-8/h3-7H,1-2H3,(H2,11,12)/t7-/m0/s1. The van der Waals surface area contributed by atoms with E-state index >= 15 is 0 Å². The molecule has 0 spiro atoms. The molecule has 1 aromatic carbocycles. The number of carbonyl (C=O) groups is 1. The van der Waals surface area contributed by atoms with Gasteiger partial charge in [-0.15, -0.1) is 0 Å². The Morgan fingerprint density at radius 1 is 1.36 bits per heavy atom. The molecule has 0 saturated carbocycles. The summed E-state index contributed by atoms with van der Waals surface area (Å²) in [5.74, 6) is 0.764. The molecule has 0 radical (unpaired) electrons. The van der Waals surface area contributed by atoms with E-state index in [4.69, 9.17) is 15.2 Å². The van der Waals surface area contributed by atoms with Gasteiger partial charge < -0.3 is 15.2 Å². The van der Waals surface area contributed by atoms with Crippen LogP contribution in [0.3, 0.4) is 0 Å². The summed E-state index contributed by atoms with van der Waals surface area (Å²) in [6.07, 6.45) is -1.10. The Labute approximate surface area is 82.6 Å². The van der Waals surface area contributed by atoms with E-state index in [2.05, 4.69) is 0 Å². The summed E-state index contributed by atoms with van der Waals surface area (Å²) in [5.41, 5.74) is 5.78. The molecule has 0 saturated heterocycles. The average molecular weight is 195 g/mol. The molecule has 0 heterocycles. The van der Waals surface area contributed by atoms with Crippen molar-refractivity contribution in [1.29, 1.82) is 0 Å². The van der Waals surface area contributed by atoms with Gasteiger partial charge in [0.25, 0.3) is 0 Å². The van der Waals surface area contributed by atoms with Gasteiger partial charge in [-0.3, -0.25) is 0 Å². The molecule has 0 aliphatic carbocycles. The predicted octanol–water partition coefficient (Wildman–Crippen LogP) is 1.85. The fraction of sp³-hybridized carbons (Fsp3) is 0.300. The van der Waals surface area contributed by atoms with Crippen molar-refractivity contribution in [3.05, 3.63) is 29.8 Å². The summed E-state index contributed by atoms with van der Waals surface area (Å²) < 4.78 is 9.81. The zero-order valence-corrected chi connectivity index (χ0v) is 8.19. The van der Waals surface area contributed by atoms with Crippen LogP contribution in [-0.2, 0) is 4.74 Å². The number of amides is 1. The summed E-state index contributed by atoms with van der Waals surface area (Å²) >= 11 is 0. The van der Waals surface area contributed by atoms with Crippen molar-refractivity contribution in [3.8, 4) is 5.75 Å². The van der Waals surface area contributed by atoms with E-state index in [1.807, 2.05) is 12.1 Å². The van der Waals surface area contributed by atoms with E-state index in [-0.39, 0.29) is 6.10 Å². The number of ether oxygens (including phenoxy) is 2. The van der Waals surface area contributed by atoms with Gasteiger partial charge in [-0.05, 0) is 24.6 Å². The summed E-state index contributed by atoms with van der Waals surface area (Å²) in [5, 5.41) is 0. The first kappa shape index (κ1) is 10.4. The first-order valence-corrected chi connectivity index (χ1v) is 4.23. The van der Waals surface area contributed by atoms with Crippen LogP contribution in [0.4, 0.5) is 4.79 Å². The molecule has 0 aliphatic heterocycles. The molecule has 1 atom stereocenters. The highest BCUT2D eigenvalue weighted by Gasteiger charge is 2.08. The minimum Gasteiger partial charge on any atom is -0.497 e. The van der Waals surface area contributed by atoms with E-state index in [0.717, 1.165) is 11.3 Å². The SMILES string of the molecule is COc1ccc([C@H](C)OC(N)=O)cc1. The maximum absolute atomic E-state index is 10.5. The van der Waals surface area contributed by atoms with E-state index in [1.165, 1.54) is 0 Å². The zero-order valence-electron chi connectivity index (χ0n) is 8.19. The molecule has 0 aliphatic rings. The van der Waals surface area contributed by atoms with Crippen molar-refractivity contribution in [2.45, 2.75) is 13.0 Å². The Kier molecular flexibility index (Phi) is 3.34. The van der Waals surface area contributed by atoms with Crippen LogP contribution < -0.4 is 10.5 Å². The second-order valence-electron chi connectivity index (χ2n) is 2.85. The lowest BCUT2D eigenvalue weighted by molar-refractivity contribution is 0.116. The number of carbonyl (C=O) groups excluding carboxylic acids is 1. The van der Waals surface area contributed by atoms with Crippen LogP contribution in [0.15, 0.2) is 24.3 Å². The van der Waals surface area contributed by atoms with E-state index in [9.17, 15) is 4.79 Å². The first-order chi connectivity index (χ1) is 6.63. The van der Waals surface area contributed by atoms with Crippen molar-refractivity contribution >= 4 is 6.09 Å². The highest BCUT2D eigenvalue weighted by Crippen LogP contribution is 2.19. The van der Waals surface area contributed by atoms with Gasteiger partial charge in [0.2, 0.25) is 0 Å². The molecule has 1 rings (SSSR count). The molecule has 1 amide bonds. The number of primary amides is 1. The van der Waals surface area contributed by atoms with Crippen molar-refractivity contribution in [2.75, 3.05) is 7.11 Å². The van der Waals surface area contributed by atoms with Gasteiger partial charge in [0.1, 0.15) is 11.9 Å². The smallest absolute Gasteiger partial charge is 0.405 e. The molecular formula is C10H13NO3. The fourth-order valence-corrected chi connectivity index (χ4v) is 1.12. The molecule has 2 N–H and O–H groups in total. The summed E-state index contributed by atoms with van der Waals surface area (Å²) in [7, 11) is 1.60. The molecular weight excluding hydrogens is 182 g/mol. The van der Waals surface area contributed by atoms with Crippen molar-refractivity contribution < 1.29 is 14.3 Å². The van der Waals surface area contributed by atoms with Gasteiger partial charge in [-0.2, -0.15) is 0 Å². The Hall–Kier alpha value is -1.71. The third-order valence-corrected chi connectivity index (χ3v) is 1.88. The number of hydrogen-bond acceptors (Lipinski definition) is 3. The van der Waals surface area contributed by atoms with Crippen LogP contribution in [0.2, 0.25) is 0 Å². The topological polar surface area (TPSA) is 61.6 Å². The van der Waals surface area contributed by atoms with Gasteiger partial charge in [0.05, 0.1) is 7.11 Å². The average Bonchev–Trinajstić information content (AvgIpc) is 2.17. The maximum atomic E-state index is 10.5. The molecule has 1 aromatic rings. The van der Waals surface area contributed by atoms with Crippen LogP contribution in [0.25, 0.3) is 0 Å². The molecule has 0 unspecified atom stereocenters. The summed E-state index contributed by atoms with van der Waals surface area (Å²) in [6.45, 7) is 1.76. The first-order valence-electron chi connectivity index (χ1n) is 4.23. The van der Waals surface area contributed by atoms with E-state index < -0.39 is 6.09 Å². The van der Waals surface area contributed by atoms with Crippen LogP contribution in [0, 0.1) is 0 Å². The molecule has 14 heavy (non-hydrogen) atoms. The zero-order chi connectivity index (χ0) is 10.6. The largest absolute Gasteiger partial charge is 0.497 e. The lowest BCUT2D eigenvalue weighted by Gasteiger charge is -2.11. The molecule has 0 aromatic heterocycles. The molecule has 0 bridgehead atoms. The molecule has 0 fully saturated rings. The number of rotatable bonds is 3. The number of hydrogen-bond donors (Lipinski definition) is 1. The lowest BCUT2D eigenvalue weighted by Crippen LogP contribution is -2.15. The van der Waals surface area contributed by atoms with Gasteiger partial charge in [-0.25, -0.2) is 4.79 Å². The number of nitrogens with two attached hydrogens (primary N) is 1. The number of methoxy groups -OCH3 is 1. The van der Waals surface area contributed by atoms with Crippen LogP contribution >= 0.6 is 0 Å². The lowest BCUT2D eigenvalue weighted by atomic mass is 10.1. The minimum atomic E-state index is -0.770. The highest BCUT2D eigenvalue weighted by atomic mass is 16.6. The van der Waals surface area contributed by atoms with Crippen LogP contribution in [0.5, 0.6) is 5.75 Å². The van der Waals surface area contributed by atoms with Gasteiger partial charge in [0, 0.05) is 0 Å². The van der Waals surface area contributed by atoms with Crippen molar-refractivity contribution in [1.82, 2.24) is 0 Å². The quantitative estimate of drug-likeness (QED) is 0.800. The van der Waals surface area contributed by atoms with Gasteiger partial charge in [0.15, 0.2) is 0 Å². The predicted molar refractivity (Wildman–Crippen MR) is 52.1 cm³/mol. The second kappa shape index (κ2) is 4.50.